The lowest BCUT2D eigenvalue weighted by Gasteiger charge is -2.35. The van der Waals surface area contributed by atoms with Crippen molar-refractivity contribution in [2.45, 2.75) is 25.7 Å². The smallest absolute Gasteiger partial charge is 0.251 e. The molecule has 6 nitrogen and oxygen atoms in total. The number of aromatic nitrogens is 1. The summed E-state index contributed by atoms with van der Waals surface area (Å²) in [5, 5.41) is 13.2. The zero-order valence-electron chi connectivity index (χ0n) is 14.5. The van der Waals surface area contributed by atoms with Crippen molar-refractivity contribution in [3.05, 3.63) is 46.0 Å². The maximum absolute atomic E-state index is 13.2. The van der Waals surface area contributed by atoms with E-state index in [4.69, 9.17) is 4.74 Å². The topological polar surface area (TPSA) is 91.4 Å². The molecule has 26 heavy (non-hydrogen) atoms. The SMILES string of the molecule is O=C(CCc1cc2ccc(F)cc2[nH]c1=O)NCC1(CO)CCOCC1. The second-order valence-electron chi connectivity index (χ2n) is 6.90. The van der Waals surface area contributed by atoms with Gasteiger partial charge in [0, 0.05) is 37.2 Å². The summed E-state index contributed by atoms with van der Waals surface area (Å²) in [6.07, 6.45) is 1.90. The molecule has 3 N–H and O–H groups in total. The van der Waals surface area contributed by atoms with Crippen LogP contribution < -0.4 is 10.9 Å². The Labute approximate surface area is 150 Å². The van der Waals surface area contributed by atoms with E-state index in [2.05, 4.69) is 10.3 Å². The number of aromatic amines is 1. The highest BCUT2D eigenvalue weighted by Gasteiger charge is 2.32. The molecule has 140 valence electrons. The highest BCUT2D eigenvalue weighted by Crippen LogP contribution is 2.29. The van der Waals surface area contributed by atoms with E-state index in [1.54, 1.807) is 12.1 Å². The highest BCUT2D eigenvalue weighted by atomic mass is 19.1. The average Bonchev–Trinajstić information content (AvgIpc) is 2.65. The van der Waals surface area contributed by atoms with Crippen molar-refractivity contribution >= 4 is 16.8 Å². The predicted molar refractivity (Wildman–Crippen MR) is 95.4 cm³/mol. The molecule has 0 radical (unpaired) electrons. The maximum atomic E-state index is 13.2. The number of halogens is 1. The third-order valence-electron chi connectivity index (χ3n) is 5.06. The lowest BCUT2D eigenvalue weighted by Crippen LogP contribution is -2.43. The molecule has 2 heterocycles. The standard InChI is InChI=1S/C19H23FN2O4/c20-15-3-1-13-9-14(18(25)22-16(13)10-15)2-4-17(24)21-11-19(12-23)5-7-26-8-6-19/h1,3,9-10,23H,2,4-8,11-12H2,(H,21,24)(H,22,25). The summed E-state index contributed by atoms with van der Waals surface area (Å²) in [4.78, 5) is 26.9. The van der Waals surface area contributed by atoms with Crippen LogP contribution in [-0.4, -0.2) is 42.4 Å². The summed E-state index contributed by atoms with van der Waals surface area (Å²) in [6, 6.07) is 5.89. The monoisotopic (exact) mass is 362 g/mol. The average molecular weight is 362 g/mol. The van der Waals surface area contributed by atoms with Gasteiger partial charge in [0.25, 0.3) is 5.56 Å². The number of carbonyl (C=O) groups excluding carboxylic acids is 1. The molecule has 3 rings (SSSR count). The van der Waals surface area contributed by atoms with Gasteiger partial charge in [0.05, 0.1) is 12.1 Å². The molecule has 1 aliphatic rings. The van der Waals surface area contributed by atoms with Gasteiger partial charge in [0.2, 0.25) is 5.91 Å². The van der Waals surface area contributed by atoms with Crippen LogP contribution in [0.2, 0.25) is 0 Å². The molecule has 0 bridgehead atoms. The first-order chi connectivity index (χ1) is 12.5. The van der Waals surface area contributed by atoms with E-state index in [1.807, 2.05) is 0 Å². The first-order valence-corrected chi connectivity index (χ1v) is 8.78. The quantitative estimate of drug-likeness (QED) is 0.726. The Hall–Kier alpha value is -2.25. The van der Waals surface area contributed by atoms with E-state index in [0.717, 1.165) is 5.39 Å². The number of aryl methyl sites for hydroxylation is 1. The van der Waals surface area contributed by atoms with Gasteiger partial charge in [-0.05, 0) is 48.9 Å². The number of ether oxygens (including phenoxy) is 1. The van der Waals surface area contributed by atoms with E-state index in [0.29, 0.717) is 50.1 Å². The number of fused-ring (bicyclic) bond motifs is 1. The Kier molecular flexibility index (Phi) is 5.68. The number of amides is 1. The van der Waals surface area contributed by atoms with E-state index >= 15 is 0 Å². The molecule has 1 aromatic carbocycles. The molecule has 1 saturated heterocycles. The van der Waals surface area contributed by atoms with Crippen LogP contribution in [0.3, 0.4) is 0 Å². The summed E-state index contributed by atoms with van der Waals surface area (Å²) in [5.41, 5.74) is 0.292. The Morgan fingerprint density at radius 2 is 2.08 bits per heavy atom. The van der Waals surface area contributed by atoms with Gasteiger partial charge in [0.1, 0.15) is 5.82 Å². The number of nitrogens with one attached hydrogen (secondary N) is 2. The van der Waals surface area contributed by atoms with Gasteiger partial charge in [-0.1, -0.05) is 0 Å². The van der Waals surface area contributed by atoms with Crippen LogP contribution in [0.15, 0.2) is 29.1 Å². The van der Waals surface area contributed by atoms with E-state index in [1.165, 1.54) is 12.1 Å². The molecule has 1 aliphatic heterocycles. The fourth-order valence-electron chi connectivity index (χ4n) is 3.22. The number of aliphatic hydroxyl groups excluding tert-OH is 1. The highest BCUT2D eigenvalue weighted by molar-refractivity contribution is 5.79. The maximum Gasteiger partial charge on any atom is 0.251 e. The predicted octanol–water partition coefficient (Wildman–Crippen LogP) is 1.51. The van der Waals surface area contributed by atoms with Gasteiger partial charge >= 0.3 is 0 Å². The first kappa shape index (κ1) is 18.5. The minimum absolute atomic E-state index is 0.0115. The molecule has 7 heteroatoms. The molecule has 0 spiro atoms. The van der Waals surface area contributed by atoms with Crippen molar-refractivity contribution in [1.29, 1.82) is 0 Å². The van der Waals surface area contributed by atoms with Crippen molar-refractivity contribution in [1.82, 2.24) is 10.3 Å². The summed E-state index contributed by atoms with van der Waals surface area (Å²) in [7, 11) is 0. The second-order valence-corrected chi connectivity index (χ2v) is 6.90. The molecule has 0 aliphatic carbocycles. The number of carbonyl (C=O) groups is 1. The van der Waals surface area contributed by atoms with Crippen molar-refractivity contribution in [2.75, 3.05) is 26.4 Å². The molecule has 1 amide bonds. The summed E-state index contributed by atoms with van der Waals surface area (Å²) >= 11 is 0. The van der Waals surface area contributed by atoms with Crippen LogP contribution in [-0.2, 0) is 16.0 Å². The van der Waals surface area contributed by atoms with Gasteiger partial charge in [0.15, 0.2) is 0 Å². The lowest BCUT2D eigenvalue weighted by molar-refractivity contribution is -0.122. The third-order valence-corrected chi connectivity index (χ3v) is 5.06. The van der Waals surface area contributed by atoms with Crippen molar-refractivity contribution < 1.29 is 19.0 Å². The number of hydrogen-bond acceptors (Lipinski definition) is 4. The molecule has 1 fully saturated rings. The van der Waals surface area contributed by atoms with Crippen LogP contribution in [0.5, 0.6) is 0 Å². The molecule has 0 unspecified atom stereocenters. The Morgan fingerprint density at radius 1 is 1.31 bits per heavy atom. The molecular formula is C19H23FN2O4. The molecule has 0 atom stereocenters. The van der Waals surface area contributed by atoms with E-state index < -0.39 is 5.82 Å². The lowest BCUT2D eigenvalue weighted by atomic mass is 9.81. The number of H-pyrrole nitrogens is 1. The van der Waals surface area contributed by atoms with Crippen LogP contribution in [0.4, 0.5) is 4.39 Å². The Balaban J connectivity index is 1.59. The van der Waals surface area contributed by atoms with Crippen LogP contribution in [0.1, 0.15) is 24.8 Å². The van der Waals surface area contributed by atoms with E-state index in [9.17, 15) is 19.1 Å². The van der Waals surface area contributed by atoms with Crippen LogP contribution in [0.25, 0.3) is 10.9 Å². The number of rotatable bonds is 6. The Morgan fingerprint density at radius 3 is 2.81 bits per heavy atom. The second kappa shape index (κ2) is 7.97. The fourth-order valence-corrected chi connectivity index (χ4v) is 3.22. The zero-order valence-corrected chi connectivity index (χ0v) is 14.5. The minimum atomic E-state index is -0.411. The molecular weight excluding hydrogens is 339 g/mol. The third kappa shape index (κ3) is 4.28. The van der Waals surface area contributed by atoms with Crippen molar-refractivity contribution in [3.63, 3.8) is 0 Å². The minimum Gasteiger partial charge on any atom is -0.396 e. The Bertz CT molecular complexity index is 843. The largest absolute Gasteiger partial charge is 0.396 e. The summed E-state index contributed by atoms with van der Waals surface area (Å²) < 4.78 is 18.5. The fraction of sp³-hybridized carbons (Fsp3) is 0.474. The van der Waals surface area contributed by atoms with Crippen molar-refractivity contribution in [2.24, 2.45) is 5.41 Å². The normalized spacial score (nSPS) is 16.5. The summed E-state index contributed by atoms with van der Waals surface area (Å²) in [5.74, 6) is -0.575. The summed E-state index contributed by atoms with van der Waals surface area (Å²) in [6.45, 7) is 1.59. The van der Waals surface area contributed by atoms with E-state index in [-0.39, 0.29) is 29.9 Å². The zero-order chi connectivity index (χ0) is 18.6. The van der Waals surface area contributed by atoms with Gasteiger partial charge < -0.3 is 20.1 Å². The number of aliphatic hydroxyl groups is 1. The van der Waals surface area contributed by atoms with Gasteiger partial charge in [-0.15, -0.1) is 0 Å². The molecule has 2 aromatic rings. The first-order valence-electron chi connectivity index (χ1n) is 8.78. The number of benzene rings is 1. The van der Waals surface area contributed by atoms with Gasteiger partial charge in [-0.25, -0.2) is 4.39 Å². The van der Waals surface area contributed by atoms with Crippen molar-refractivity contribution in [3.8, 4) is 0 Å². The van der Waals surface area contributed by atoms with Crippen LogP contribution in [0, 0.1) is 11.2 Å². The van der Waals surface area contributed by atoms with Gasteiger partial charge in [-0.3, -0.25) is 9.59 Å². The number of pyridine rings is 1. The molecule has 1 aromatic heterocycles. The van der Waals surface area contributed by atoms with Crippen LogP contribution >= 0.6 is 0 Å². The number of hydrogen-bond donors (Lipinski definition) is 3. The molecule has 0 saturated carbocycles. The van der Waals surface area contributed by atoms with Gasteiger partial charge in [-0.2, -0.15) is 0 Å².